The Morgan fingerprint density at radius 2 is 2.29 bits per heavy atom. The van der Waals surface area contributed by atoms with Gasteiger partial charge < -0.3 is 19.2 Å². The molecule has 0 fully saturated rings. The first-order valence-corrected chi connectivity index (χ1v) is 6.13. The summed E-state index contributed by atoms with van der Waals surface area (Å²) in [6, 6.07) is 1.62. The van der Waals surface area contributed by atoms with Crippen LogP contribution in [0.1, 0.15) is 16.8 Å². The fourth-order valence-corrected chi connectivity index (χ4v) is 1.59. The van der Waals surface area contributed by atoms with Gasteiger partial charge in [0.2, 0.25) is 0 Å². The molecule has 0 aliphatic rings. The number of carbonyl (C=O) groups excluding carboxylic acids is 1. The van der Waals surface area contributed by atoms with Crippen LogP contribution in [0.15, 0.2) is 21.4 Å². The molecule has 0 aliphatic heterocycles. The number of furan rings is 1. The minimum absolute atomic E-state index is 0.150. The molecule has 96 valence electrons. The van der Waals surface area contributed by atoms with Gasteiger partial charge in [0.25, 0.3) is 5.91 Å². The topological polar surface area (TPSA) is 60.7 Å². The lowest BCUT2D eigenvalue weighted by atomic mass is 10.3. The summed E-state index contributed by atoms with van der Waals surface area (Å²) < 4.78 is 15.5. The Balaban J connectivity index is 2.07. The molecule has 1 aromatic rings. The van der Waals surface area contributed by atoms with E-state index in [9.17, 15) is 4.79 Å². The van der Waals surface area contributed by atoms with E-state index < -0.39 is 0 Å². The molecular formula is C11H16BrNO4. The molecule has 0 aromatic carbocycles. The van der Waals surface area contributed by atoms with Gasteiger partial charge in [0.1, 0.15) is 0 Å². The van der Waals surface area contributed by atoms with Crippen LogP contribution in [0.25, 0.3) is 0 Å². The zero-order valence-electron chi connectivity index (χ0n) is 9.70. The van der Waals surface area contributed by atoms with Gasteiger partial charge in [-0.2, -0.15) is 0 Å². The van der Waals surface area contributed by atoms with Crippen LogP contribution in [0, 0.1) is 0 Å². The monoisotopic (exact) mass is 305 g/mol. The molecule has 0 spiro atoms. The number of ether oxygens (including phenoxy) is 2. The third-order valence-electron chi connectivity index (χ3n) is 2.05. The average Bonchev–Trinajstić information content (AvgIpc) is 2.74. The van der Waals surface area contributed by atoms with Crippen molar-refractivity contribution in [2.75, 3.05) is 33.5 Å². The maximum atomic E-state index is 11.6. The molecule has 5 nitrogen and oxygen atoms in total. The number of hydrogen-bond acceptors (Lipinski definition) is 4. The van der Waals surface area contributed by atoms with Gasteiger partial charge in [0.15, 0.2) is 4.67 Å². The number of methoxy groups -OCH3 is 1. The molecule has 6 heteroatoms. The van der Waals surface area contributed by atoms with E-state index in [1.54, 1.807) is 13.2 Å². The molecule has 1 aromatic heterocycles. The zero-order valence-corrected chi connectivity index (χ0v) is 11.3. The van der Waals surface area contributed by atoms with Crippen LogP contribution < -0.4 is 5.32 Å². The second kappa shape index (κ2) is 8.27. The summed E-state index contributed by atoms with van der Waals surface area (Å²) in [5, 5.41) is 2.78. The van der Waals surface area contributed by atoms with Crippen molar-refractivity contribution in [1.82, 2.24) is 5.32 Å². The van der Waals surface area contributed by atoms with Crippen molar-refractivity contribution >= 4 is 21.8 Å². The highest BCUT2D eigenvalue weighted by Crippen LogP contribution is 2.16. The SMILES string of the molecule is COCCOCCCNC(=O)c1ccoc1Br. The van der Waals surface area contributed by atoms with E-state index in [1.165, 1.54) is 6.26 Å². The summed E-state index contributed by atoms with van der Waals surface area (Å²) in [6.07, 6.45) is 2.23. The summed E-state index contributed by atoms with van der Waals surface area (Å²) in [6.45, 7) is 2.35. The average molecular weight is 306 g/mol. The molecule has 0 saturated heterocycles. The molecule has 0 atom stereocenters. The Bertz CT molecular complexity index is 340. The van der Waals surface area contributed by atoms with Gasteiger partial charge >= 0.3 is 0 Å². The lowest BCUT2D eigenvalue weighted by molar-refractivity contribution is 0.0688. The first-order chi connectivity index (χ1) is 8.25. The second-order valence-corrected chi connectivity index (χ2v) is 4.04. The van der Waals surface area contributed by atoms with Crippen molar-refractivity contribution in [2.24, 2.45) is 0 Å². The number of amides is 1. The van der Waals surface area contributed by atoms with Gasteiger partial charge in [-0.05, 0) is 28.4 Å². The Morgan fingerprint density at radius 3 is 2.94 bits per heavy atom. The minimum Gasteiger partial charge on any atom is -0.457 e. The minimum atomic E-state index is -0.150. The largest absolute Gasteiger partial charge is 0.457 e. The van der Waals surface area contributed by atoms with Crippen molar-refractivity contribution in [1.29, 1.82) is 0 Å². The number of halogens is 1. The van der Waals surface area contributed by atoms with Crippen LogP contribution in [0.5, 0.6) is 0 Å². The molecule has 17 heavy (non-hydrogen) atoms. The summed E-state index contributed by atoms with van der Waals surface area (Å²) in [4.78, 5) is 11.6. The Kier molecular flexibility index (Phi) is 6.91. The Hall–Kier alpha value is -0.850. The molecule has 0 radical (unpaired) electrons. The van der Waals surface area contributed by atoms with E-state index in [-0.39, 0.29) is 5.91 Å². The highest BCUT2D eigenvalue weighted by atomic mass is 79.9. The van der Waals surface area contributed by atoms with Crippen LogP contribution in [-0.2, 0) is 9.47 Å². The van der Waals surface area contributed by atoms with E-state index in [2.05, 4.69) is 21.2 Å². The molecule has 0 aliphatic carbocycles. The molecule has 0 unspecified atom stereocenters. The van der Waals surface area contributed by atoms with Crippen LogP contribution in [0.2, 0.25) is 0 Å². The highest BCUT2D eigenvalue weighted by Gasteiger charge is 2.11. The Morgan fingerprint density at radius 1 is 1.47 bits per heavy atom. The van der Waals surface area contributed by atoms with Gasteiger partial charge in [-0.3, -0.25) is 4.79 Å². The summed E-state index contributed by atoms with van der Waals surface area (Å²) in [7, 11) is 1.63. The predicted molar refractivity (Wildman–Crippen MR) is 66.1 cm³/mol. The molecule has 0 bridgehead atoms. The van der Waals surface area contributed by atoms with Crippen molar-refractivity contribution in [2.45, 2.75) is 6.42 Å². The molecular weight excluding hydrogens is 290 g/mol. The van der Waals surface area contributed by atoms with Crippen LogP contribution in [0.4, 0.5) is 0 Å². The van der Waals surface area contributed by atoms with Crippen LogP contribution in [-0.4, -0.2) is 39.4 Å². The summed E-state index contributed by atoms with van der Waals surface area (Å²) in [5.41, 5.74) is 0.505. The maximum absolute atomic E-state index is 11.6. The number of rotatable bonds is 8. The maximum Gasteiger partial charge on any atom is 0.255 e. The fourth-order valence-electron chi connectivity index (χ4n) is 1.17. The number of nitrogens with one attached hydrogen (secondary N) is 1. The molecule has 0 saturated carbocycles. The van der Waals surface area contributed by atoms with E-state index in [1.807, 2.05) is 0 Å². The van der Waals surface area contributed by atoms with Crippen molar-refractivity contribution in [3.05, 3.63) is 22.6 Å². The first-order valence-electron chi connectivity index (χ1n) is 5.33. The van der Waals surface area contributed by atoms with Gasteiger partial charge in [0.05, 0.1) is 25.0 Å². The van der Waals surface area contributed by atoms with E-state index in [4.69, 9.17) is 13.9 Å². The predicted octanol–water partition coefficient (Wildman–Crippen LogP) is 1.82. The van der Waals surface area contributed by atoms with Crippen LogP contribution in [0.3, 0.4) is 0 Å². The van der Waals surface area contributed by atoms with Gasteiger partial charge in [0, 0.05) is 20.3 Å². The number of hydrogen-bond donors (Lipinski definition) is 1. The van der Waals surface area contributed by atoms with Gasteiger partial charge in [-0.25, -0.2) is 0 Å². The van der Waals surface area contributed by atoms with E-state index >= 15 is 0 Å². The fraction of sp³-hybridized carbons (Fsp3) is 0.545. The van der Waals surface area contributed by atoms with Gasteiger partial charge in [-0.1, -0.05) is 0 Å². The Labute approximate surface area is 109 Å². The standard InChI is InChI=1S/C11H16BrNO4/c1-15-7-8-16-5-2-4-13-11(14)9-3-6-17-10(9)12/h3,6H,2,4-5,7-8H2,1H3,(H,13,14). The van der Waals surface area contributed by atoms with E-state index in [0.717, 1.165) is 6.42 Å². The zero-order chi connectivity index (χ0) is 12.5. The molecule has 1 amide bonds. The molecule has 1 rings (SSSR count). The normalized spacial score (nSPS) is 10.5. The smallest absolute Gasteiger partial charge is 0.255 e. The van der Waals surface area contributed by atoms with Crippen molar-refractivity contribution < 1.29 is 18.7 Å². The quantitative estimate of drug-likeness (QED) is 0.744. The molecule has 1 heterocycles. The third kappa shape index (κ3) is 5.34. The lowest BCUT2D eigenvalue weighted by Gasteiger charge is -2.05. The third-order valence-corrected chi connectivity index (χ3v) is 2.66. The van der Waals surface area contributed by atoms with Crippen molar-refractivity contribution in [3.63, 3.8) is 0 Å². The van der Waals surface area contributed by atoms with Crippen molar-refractivity contribution in [3.8, 4) is 0 Å². The van der Waals surface area contributed by atoms with E-state index in [0.29, 0.717) is 36.6 Å². The van der Waals surface area contributed by atoms with Gasteiger partial charge in [-0.15, -0.1) is 0 Å². The lowest BCUT2D eigenvalue weighted by Crippen LogP contribution is -2.25. The molecule has 1 N–H and O–H groups in total. The second-order valence-electron chi connectivity index (χ2n) is 3.32. The first kappa shape index (κ1) is 14.2. The summed E-state index contributed by atoms with van der Waals surface area (Å²) >= 11 is 3.15. The van der Waals surface area contributed by atoms with Crippen LogP contribution >= 0.6 is 15.9 Å². The summed E-state index contributed by atoms with van der Waals surface area (Å²) in [5.74, 6) is -0.150. The number of carbonyl (C=O) groups is 1. The highest BCUT2D eigenvalue weighted by molar-refractivity contribution is 9.10.